The van der Waals surface area contributed by atoms with Gasteiger partial charge in [0.1, 0.15) is 0 Å². The zero-order chi connectivity index (χ0) is 7.28. The van der Waals surface area contributed by atoms with Gasteiger partial charge in [0.15, 0.2) is 0 Å². The maximum absolute atomic E-state index is 4.05. The van der Waals surface area contributed by atoms with Crippen LogP contribution in [0.4, 0.5) is 0 Å². The number of hydrogen-bond acceptors (Lipinski definition) is 0. The van der Waals surface area contributed by atoms with E-state index >= 15 is 0 Å². The molecule has 0 amide bonds. The maximum Gasteiger partial charge on any atom is -0.0391 e. The molecule has 0 aliphatic rings. The SMILES string of the molecule is [CH2]CCCC([CH2])C(C)C. The Morgan fingerprint density at radius 3 is 2.22 bits per heavy atom. The van der Waals surface area contributed by atoms with Gasteiger partial charge >= 0.3 is 0 Å². The van der Waals surface area contributed by atoms with Crippen molar-refractivity contribution in [2.45, 2.75) is 33.1 Å². The topological polar surface area (TPSA) is 0 Å². The van der Waals surface area contributed by atoms with Crippen LogP contribution < -0.4 is 0 Å². The first-order valence-corrected chi connectivity index (χ1v) is 3.80. The molecule has 0 saturated heterocycles. The molecule has 0 nitrogen and oxygen atoms in total. The van der Waals surface area contributed by atoms with Crippen molar-refractivity contribution in [3.8, 4) is 0 Å². The number of unbranched alkanes of at least 4 members (excludes halogenated alkanes) is 1. The van der Waals surface area contributed by atoms with E-state index < -0.39 is 0 Å². The van der Waals surface area contributed by atoms with Gasteiger partial charge in [-0.25, -0.2) is 0 Å². The lowest BCUT2D eigenvalue weighted by molar-refractivity contribution is 0.422. The molecule has 0 heterocycles. The Kier molecular flexibility index (Phi) is 4.84. The van der Waals surface area contributed by atoms with Crippen molar-refractivity contribution >= 4 is 0 Å². The smallest absolute Gasteiger partial charge is 0.0391 e. The van der Waals surface area contributed by atoms with Crippen LogP contribution >= 0.6 is 0 Å². The number of rotatable bonds is 4. The fourth-order valence-electron chi connectivity index (χ4n) is 0.740. The molecule has 54 valence electrons. The van der Waals surface area contributed by atoms with Crippen LogP contribution in [0.25, 0.3) is 0 Å². The van der Waals surface area contributed by atoms with E-state index in [1.54, 1.807) is 0 Å². The van der Waals surface area contributed by atoms with Gasteiger partial charge in [-0.3, -0.25) is 0 Å². The second-order valence-electron chi connectivity index (χ2n) is 3.00. The van der Waals surface area contributed by atoms with Gasteiger partial charge in [-0.15, -0.1) is 0 Å². The molecule has 0 N–H and O–H groups in total. The lowest BCUT2D eigenvalue weighted by atomic mass is 9.93. The minimum absolute atomic E-state index is 0.631. The second-order valence-corrected chi connectivity index (χ2v) is 3.00. The monoisotopic (exact) mass is 126 g/mol. The summed E-state index contributed by atoms with van der Waals surface area (Å²) in [6, 6.07) is 0. The molecule has 0 aliphatic carbocycles. The predicted octanol–water partition coefficient (Wildman–Crippen LogP) is 3.10. The van der Waals surface area contributed by atoms with Crippen molar-refractivity contribution in [2.24, 2.45) is 11.8 Å². The molecule has 0 aromatic rings. The maximum atomic E-state index is 4.05. The Hall–Kier alpha value is 0. The standard InChI is InChI=1S/C9H18/c1-5-6-7-9(4)8(2)3/h8-9H,1,4-7H2,2-3H3. The predicted molar refractivity (Wildman–Crippen MR) is 42.9 cm³/mol. The van der Waals surface area contributed by atoms with E-state index in [9.17, 15) is 0 Å². The molecule has 2 radical (unpaired) electrons. The zero-order valence-electron chi connectivity index (χ0n) is 6.69. The fourth-order valence-corrected chi connectivity index (χ4v) is 0.740. The highest BCUT2D eigenvalue weighted by Crippen LogP contribution is 2.15. The normalized spacial score (nSPS) is 14.3. The minimum atomic E-state index is 0.631. The summed E-state index contributed by atoms with van der Waals surface area (Å²) in [5.41, 5.74) is 0. The van der Waals surface area contributed by atoms with E-state index in [-0.39, 0.29) is 0 Å². The average molecular weight is 126 g/mol. The second kappa shape index (κ2) is 4.84. The molecule has 0 aromatic carbocycles. The lowest BCUT2D eigenvalue weighted by Gasteiger charge is -2.13. The van der Waals surface area contributed by atoms with Crippen LogP contribution in [0.1, 0.15) is 33.1 Å². The molecule has 0 rings (SSSR count). The summed E-state index contributed by atoms with van der Waals surface area (Å²) in [6.45, 7) is 12.3. The Bertz CT molecular complexity index is 55.1. The third-order valence-corrected chi connectivity index (χ3v) is 1.77. The first-order chi connectivity index (χ1) is 4.18. The highest BCUT2D eigenvalue weighted by Gasteiger charge is 2.04. The molecule has 0 saturated carbocycles. The van der Waals surface area contributed by atoms with Crippen molar-refractivity contribution < 1.29 is 0 Å². The van der Waals surface area contributed by atoms with Gasteiger partial charge in [0.2, 0.25) is 0 Å². The van der Waals surface area contributed by atoms with Gasteiger partial charge in [-0.05, 0) is 18.8 Å². The van der Waals surface area contributed by atoms with Crippen LogP contribution in [0.3, 0.4) is 0 Å². The summed E-state index contributed by atoms with van der Waals surface area (Å²) in [5.74, 6) is 1.36. The van der Waals surface area contributed by atoms with Crippen LogP contribution in [0, 0.1) is 25.7 Å². The van der Waals surface area contributed by atoms with Gasteiger partial charge in [0.25, 0.3) is 0 Å². The first-order valence-electron chi connectivity index (χ1n) is 3.80. The summed E-state index contributed by atoms with van der Waals surface area (Å²) >= 11 is 0. The largest absolute Gasteiger partial charge is 0.0625 e. The van der Waals surface area contributed by atoms with Crippen molar-refractivity contribution in [1.82, 2.24) is 0 Å². The lowest BCUT2D eigenvalue weighted by Crippen LogP contribution is -2.03. The fraction of sp³-hybridized carbons (Fsp3) is 0.778. The summed E-state index contributed by atoms with van der Waals surface area (Å²) in [6.07, 6.45) is 3.52. The third-order valence-electron chi connectivity index (χ3n) is 1.77. The molecule has 9 heavy (non-hydrogen) atoms. The van der Waals surface area contributed by atoms with Crippen molar-refractivity contribution in [2.75, 3.05) is 0 Å². The average Bonchev–Trinajstić information content (AvgIpc) is 1.82. The molecule has 0 aliphatic heterocycles. The molecule has 0 spiro atoms. The molecule has 0 aromatic heterocycles. The van der Waals surface area contributed by atoms with Crippen LogP contribution in [0.15, 0.2) is 0 Å². The van der Waals surface area contributed by atoms with E-state index in [0.29, 0.717) is 5.92 Å². The summed E-state index contributed by atoms with van der Waals surface area (Å²) in [7, 11) is 0. The Morgan fingerprint density at radius 1 is 1.33 bits per heavy atom. The van der Waals surface area contributed by atoms with Crippen molar-refractivity contribution in [3.05, 3.63) is 13.8 Å². The van der Waals surface area contributed by atoms with Crippen LogP contribution in [-0.4, -0.2) is 0 Å². The highest BCUT2D eigenvalue weighted by atomic mass is 14.1. The zero-order valence-corrected chi connectivity index (χ0v) is 6.69. The summed E-state index contributed by atoms with van der Waals surface area (Å²) < 4.78 is 0. The highest BCUT2D eigenvalue weighted by molar-refractivity contribution is 4.64. The molecule has 1 atom stereocenters. The van der Waals surface area contributed by atoms with Crippen molar-refractivity contribution in [1.29, 1.82) is 0 Å². The molecular weight excluding hydrogens is 108 g/mol. The van der Waals surface area contributed by atoms with E-state index in [0.717, 1.165) is 12.3 Å². The molecule has 1 unspecified atom stereocenters. The van der Waals surface area contributed by atoms with E-state index in [2.05, 4.69) is 27.7 Å². The quantitative estimate of drug-likeness (QED) is 0.543. The van der Waals surface area contributed by atoms with Gasteiger partial charge in [0.05, 0.1) is 0 Å². The van der Waals surface area contributed by atoms with E-state index in [1.165, 1.54) is 12.8 Å². The van der Waals surface area contributed by atoms with Gasteiger partial charge in [-0.1, -0.05) is 40.0 Å². The van der Waals surface area contributed by atoms with Gasteiger partial charge in [0, 0.05) is 0 Å². The van der Waals surface area contributed by atoms with Crippen LogP contribution in [-0.2, 0) is 0 Å². The molecule has 0 heteroatoms. The Morgan fingerprint density at radius 2 is 1.89 bits per heavy atom. The minimum Gasteiger partial charge on any atom is -0.0625 e. The number of hydrogen-bond donors (Lipinski definition) is 0. The van der Waals surface area contributed by atoms with E-state index in [4.69, 9.17) is 0 Å². The Labute approximate surface area is 59.7 Å². The Balaban J connectivity index is 3.16. The summed E-state index contributed by atoms with van der Waals surface area (Å²) in [5, 5.41) is 0. The van der Waals surface area contributed by atoms with E-state index in [1.807, 2.05) is 0 Å². The van der Waals surface area contributed by atoms with Gasteiger partial charge in [-0.2, -0.15) is 0 Å². The third kappa shape index (κ3) is 4.50. The first kappa shape index (κ1) is 9.00. The summed E-state index contributed by atoms with van der Waals surface area (Å²) in [4.78, 5) is 0. The van der Waals surface area contributed by atoms with Gasteiger partial charge < -0.3 is 0 Å². The molecule has 0 bridgehead atoms. The molecular formula is C9H18. The van der Waals surface area contributed by atoms with Crippen LogP contribution in [0.2, 0.25) is 0 Å². The van der Waals surface area contributed by atoms with Crippen molar-refractivity contribution in [3.63, 3.8) is 0 Å². The van der Waals surface area contributed by atoms with Crippen LogP contribution in [0.5, 0.6) is 0 Å². The molecule has 0 fully saturated rings.